The second-order valence-electron chi connectivity index (χ2n) is 10.8. The Hall–Kier alpha value is -4.82. The first kappa shape index (κ1) is 30.6. The summed E-state index contributed by atoms with van der Waals surface area (Å²) in [7, 11) is 3.12. The molecule has 0 aromatic heterocycles. The van der Waals surface area contributed by atoms with E-state index in [2.05, 4.69) is 10.2 Å². The standard InChI is InChI=1S/C36H39N3O5/c1-26-9-7-8-12-29(26)25-39(34(40)23-27-10-5-4-6-11-27)35(28-13-18-32(42-2)33(24-28)43-3)36(41)37-30-14-16-31(17-15-30)38-19-21-44-22-20-38/h4-18,24,35H,19-23,25H2,1-3H3,(H,37,41). The van der Waals surface area contributed by atoms with E-state index in [-0.39, 0.29) is 24.8 Å². The summed E-state index contributed by atoms with van der Waals surface area (Å²) in [5.41, 5.74) is 5.19. The van der Waals surface area contributed by atoms with Gasteiger partial charge in [0.15, 0.2) is 11.5 Å². The summed E-state index contributed by atoms with van der Waals surface area (Å²) >= 11 is 0. The molecule has 1 unspecified atom stereocenters. The zero-order valence-corrected chi connectivity index (χ0v) is 25.5. The van der Waals surface area contributed by atoms with Gasteiger partial charge in [-0.3, -0.25) is 9.59 Å². The fourth-order valence-corrected chi connectivity index (χ4v) is 5.45. The summed E-state index contributed by atoms with van der Waals surface area (Å²) in [6.45, 7) is 5.30. The highest BCUT2D eigenvalue weighted by Gasteiger charge is 2.33. The number of benzene rings is 4. The van der Waals surface area contributed by atoms with Crippen LogP contribution in [0.2, 0.25) is 0 Å². The number of rotatable bonds is 11. The first-order valence-corrected chi connectivity index (χ1v) is 14.8. The molecule has 0 radical (unpaired) electrons. The fourth-order valence-electron chi connectivity index (χ4n) is 5.45. The molecule has 2 amide bonds. The molecule has 4 aromatic carbocycles. The van der Waals surface area contributed by atoms with E-state index >= 15 is 0 Å². The lowest BCUT2D eigenvalue weighted by Gasteiger charge is -2.32. The highest BCUT2D eigenvalue weighted by atomic mass is 16.5. The van der Waals surface area contributed by atoms with Crippen LogP contribution in [0.4, 0.5) is 11.4 Å². The van der Waals surface area contributed by atoms with Gasteiger partial charge in [-0.15, -0.1) is 0 Å². The Morgan fingerprint density at radius 1 is 0.864 bits per heavy atom. The van der Waals surface area contributed by atoms with E-state index in [9.17, 15) is 9.59 Å². The number of aryl methyl sites for hydroxylation is 1. The molecule has 8 nitrogen and oxygen atoms in total. The van der Waals surface area contributed by atoms with Gasteiger partial charge >= 0.3 is 0 Å². The molecule has 0 saturated carbocycles. The molecule has 1 aliphatic rings. The molecule has 0 bridgehead atoms. The minimum atomic E-state index is -0.954. The predicted molar refractivity (Wildman–Crippen MR) is 172 cm³/mol. The minimum absolute atomic E-state index is 0.151. The Bertz CT molecular complexity index is 1550. The molecule has 0 spiro atoms. The zero-order chi connectivity index (χ0) is 30.9. The lowest BCUT2D eigenvalue weighted by Crippen LogP contribution is -2.41. The molecule has 1 aliphatic heterocycles. The van der Waals surface area contributed by atoms with E-state index in [0.29, 0.717) is 36.0 Å². The van der Waals surface area contributed by atoms with Crippen LogP contribution in [0.15, 0.2) is 97.1 Å². The van der Waals surface area contributed by atoms with Crippen molar-refractivity contribution in [3.05, 3.63) is 119 Å². The number of anilines is 2. The minimum Gasteiger partial charge on any atom is -0.493 e. The van der Waals surface area contributed by atoms with Crippen LogP contribution >= 0.6 is 0 Å². The van der Waals surface area contributed by atoms with Crippen LogP contribution in [0.5, 0.6) is 11.5 Å². The van der Waals surface area contributed by atoms with Crippen LogP contribution in [0.25, 0.3) is 0 Å². The molecule has 44 heavy (non-hydrogen) atoms. The van der Waals surface area contributed by atoms with E-state index in [0.717, 1.165) is 35.5 Å². The third kappa shape index (κ3) is 7.38. The van der Waals surface area contributed by atoms with Crippen LogP contribution in [0.1, 0.15) is 28.3 Å². The summed E-state index contributed by atoms with van der Waals surface area (Å²) in [6, 6.07) is 29.7. The Morgan fingerprint density at radius 3 is 2.23 bits per heavy atom. The second kappa shape index (κ2) is 14.6. The molecule has 1 saturated heterocycles. The summed E-state index contributed by atoms with van der Waals surface area (Å²) in [5.74, 6) is 0.516. The van der Waals surface area contributed by atoms with Gasteiger partial charge < -0.3 is 29.3 Å². The average Bonchev–Trinajstić information content (AvgIpc) is 3.06. The van der Waals surface area contributed by atoms with Gasteiger partial charge in [-0.05, 0) is 65.6 Å². The van der Waals surface area contributed by atoms with Crippen LogP contribution < -0.4 is 19.7 Å². The number of amides is 2. The maximum Gasteiger partial charge on any atom is 0.251 e. The number of carbonyl (C=O) groups is 2. The van der Waals surface area contributed by atoms with Gasteiger partial charge in [-0.2, -0.15) is 0 Å². The van der Waals surface area contributed by atoms with Crippen LogP contribution in [0, 0.1) is 6.92 Å². The zero-order valence-electron chi connectivity index (χ0n) is 25.5. The number of nitrogens with zero attached hydrogens (tertiary/aromatic N) is 2. The normalized spacial score (nSPS) is 13.6. The predicted octanol–water partition coefficient (Wildman–Crippen LogP) is 5.80. The third-order valence-corrected chi connectivity index (χ3v) is 7.91. The molecule has 0 aliphatic carbocycles. The summed E-state index contributed by atoms with van der Waals surface area (Å²) in [5, 5.41) is 3.09. The Balaban J connectivity index is 1.52. The van der Waals surface area contributed by atoms with E-state index in [1.807, 2.05) is 91.9 Å². The number of hydrogen-bond acceptors (Lipinski definition) is 6. The molecule has 228 valence electrons. The van der Waals surface area contributed by atoms with E-state index < -0.39 is 6.04 Å². The highest BCUT2D eigenvalue weighted by Crippen LogP contribution is 2.34. The maximum absolute atomic E-state index is 14.3. The Morgan fingerprint density at radius 2 is 1.55 bits per heavy atom. The lowest BCUT2D eigenvalue weighted by molar-refractivity contribution is -0.139. The topological polar surface area (TPSA) is 80.3 Å². The number of nitrogens with one attached hydrogen (secondary N) is 1. The Kier molecular flexibility index (Phi) is 10.1. The largest absolute Gasteiger partial charge is 0.493 e. The van der Waals surface area contributed by atoms with Crippen molar-refractivity contribution in [2.75, 3.05) is 50.7 Å². The maximum atomic E-state index is 14.3. The number of morpholine rings is 1. The SMILES string of the molecule is COc1ccc(C(C(=O)Nc2ccc(N3CCOCC3)cc2)N(Cc2ccccc2C)C(=O)Cc2ccccc2)cc1OC. The monoisotopic (exact) mass is 593 g/mol. The molecule has 1 N–H and O–H groups in total. The van der Waals surface area contributed by atoms with Crippen molar-refractivity contribution in [3.8, 4) is 11.5 Å². The summed E-state index contributed by atoms with van der Waals surface area (Å²) in [6.07, 6.45) is 0.151. The number of carbonyl (C=O) groups excluding carboxylic acids is 2. The quantitative estimate of drug-likeness (QED) is 0.237. The molecule has 8 heteroatoms. The molecular formula is C36H39N3O5. The fraction of sp³-hybridized carbons (Fsp3) is 0.278. The summed E-state index contributed by atoms with van der Waals surface area (Å²) < 4.78 is 16.5. The van der Waals surface area contributed by atoms with Gasteiger partial charge in [0.05, 0.1) is 33.9 Å². The van der Waals surface area contributed by atoms with E-state index in [1.54, 1.807) is 31.3 Å². The van der Waals surface area contributed by atoms with Crippen molar-refractivity contribution in [2.45, 2.75) is 25.9 Å². The third-order valence-electron chi connectivity index (χ3n) is 7.91. The highest BCUT2D eigenvalue weighted by molar-refractivity contribution is 5.98. The first-order valence-electron chi connectivity index (χ1n) is 14.8. The van der Waals surface area contributed by atoms with Crippen LogP contribution in [-0.2, 0) is 27.3 Å². The smallest absolute Gasteiger partial charge is 0.251 e. The van der Waals surface area contributed by atoms with Crippen molar-refractivity contribution >= 4 is 23.2 Å². The average molecular weight is 594 g/mol. The van der Waals surface area contributed by atoms with Crippen molar-refractivity contribution in [2.24, 2.45) is 0 Å². The van der Waals surface area contributed by atoms with Crippen molar-refractivity contribution in [1.29, 1.82) is 0 Å². The van der Waals surface area contributed by atoms with Crippen LogP contribution in [0.3, 0.4) is 0 Å². The molecule has 1 heterocycles. The molecule has 4 aromatic rings. The number of ether oxygens (including phenoxy) is 3. The molecule has 1 fully saturated rings. The Labute approximate surface area is 259 Å². The van der Waals surface area contributed by atoms with Gasteiger partial charge in [0.25, 0.3) is 5.91 Å². The molecule has 1 atom stereocenters. The number of hydrogen-bond donors (Lipinski definition) is 1. The van der Waals surface area contributed by atoms with Crippen molar-refractivity contribution in [1.82, 2.24) is 4.90 Å². The van der Waals surface area contributed by atoms with Gasteiger partial charge in [0, 0.05) is 31.0 Å². The van der Waals surface area contributed by atoms with Gasteiger partial charge in [-0.1, -0.05) is 60.7 Å². The lowest BCUT2D eigenvalue weighted by atomic mass is 9.99. The van der Waals surface area contributed by atoms with Crippen molar-refractivity contribution < 1.29 is 23.8 Å². The first-order chi connectivity index (χ1) is 21.5. The molecule has 5 rings (SSSR count). The van der Waals surface area contributed by atoms with Crippen LogP contribution in [-0.4, -0.2) is 57.2 Å². The molecular weight excluding hydrogens is 554 g/mol. The summed E-state index contributed by atoms with van der Waals surface area (Å²) in [4.78, 5) is 32.4. The van der Waals surface area contributed by atoms with Crippen molar-refractivity contribution in [3.63, 3.8) is 0 Å². The second-order valence-corrected chi connectivity index (χ2v) is 10.8. The van der Waals surface area contributed by atoms with Gasteiger partial charge in [0.2, 0.25) is 5.91 Å². The number of methoxy groups -OCH3 is 2. The van der Waals surface area contributed by atoms with E-state index in [4.69, 9.17) is 14.2 Å². The van der Waals surface area contributed by atoms with Gasteiger partial charge in [-0.25, -0.2) is 0 Å². The van der Waals surface area contributed by atoms with Gasteiger partial charge in [0.1, 0.15) is 6.04 Å². The van der Waals surface area contributed by atoms with E-state index in [1.165, 1.54) is 0 Å².